The summed E-state index contributed by atoms with van der Waals surface area (Å²) in [6, 6.07) is 0.752. The smallest absolute Gasteiger partial charge is 0.138 e. The van der Waals surface area contributed by atoms with Crippen LogP contribution < -0.4 is 5.73 Å². The molecule has 0 spiro atoms. The summed E-state index contributed by atoms with van der Waals surface area (Å²) in [7, 11) is 0. The van der Waals surface area contributed by atoms with Gasteiger partial charge in [-0.25, -0.2) is 9.67 Å². The van der Waals surface area contributed by atoms with Gasteiger partial charge in [0.15, 0.2) is 0 Å². The SMILES string of the molecule is CC(C)n1ncnc1CCC(N)C1CC1. The Morgan fingerprint density at radius 1 is 1.53 bits per heavy atom. The van der Waals surface area contributed by atoms with Crippen molar-refractivity contribution in [1.82, 2.24) is 14.8 Å². The molecule has 0 aromatic carbocycles. The first-order valence-electron chi connectivity index (χ1n) is 5.82. The van der Waals surface area contributed by atoms with Crippen LogP contribution in [0.4, 0.5) is 0 Å². The second-order valence-electron chi connectivity index (χ2n) is 4.75. The van der Waals surface area contributed by atoms with Crippen LogP contribution >= 0.6 is 0 Å². The van der Waals surface area contributed by atoms with Crippen molar-refractivity contribution in [1.29, 1.82) is 0 Å². The summed E-state index contributed by atoms with van der Waals surface area (Å²) in [6.45, 7) is 4.25. The molecule has 2 N–H and O–H groups in total. The summed E-state index contributed by atoms with van der Waals surface area (Å²) in [4.78, 5) is 4.29. The van der Waals surface area contributed by atoms with Gasteiger partial charge in [-0.2, -0.15) is 5.10 Å². The Kier molecular flexibility index (Phi) is 3.05. The highest BCUT2D eigenvalue weighted by Gasteiger charge is 2.28. The zero-order valence-electron chi connectivity index (χ0n) is 9.56. The number of nitrogens with zero attached hydrogens (tertiary/aromatic N) is 3. The quantitative estimate of drug-likeness (QED) is 0.798. The second kappa shape index (κ2) is 4.31. The van der Waals surface area contributed by atoms with Gasteiger partial charge in [-0.15, -0.1) is 0 Å². The van der Waals surface area contributed by atoms with E-state index in [-0.39, 0.29) is 0 Å². The Balaban J connectivity index is 1.89. The summed E-state index contributed by atoms with van der Waals surface area (Å²) >= 11 is 0. The van der Waals surface area contributed by atoms with Crippen molar-refractivity contribution in [2.24, 2.45) is 11.7 Å². The minimum Gasteiger partial charge on any atom is -0.327 e. The molecule has 1 aromatic rings. The standard InChI is InChI=1S/C11H20N4/c1-8(2)15-11(13-7-14-15)6-5-10(12)9-3-4-9/h7-10H,3-6,12H2,1-2H3. The number of aryl methyl sites for hydroxylation is 1. The number of aromatic nitrogens is 3. The van der Waals surface area contributed by atoms with E-state index in [4.69, 9.17) is 5.73 Å². The maximum atomic E-state index is 6.06. The van der Waals surface area contributed by atoms with E-state index >= 15 is 0 Å². The molecule has 1 aliphatic rings. The fourth-order valence-electron chi connectivity index (χ4n) is 1.94. The van der Waals surface area contributed by atoms with Crippen LogP contribution in [0.5, 0.6) is 0 Å². The highest BCUT2D eigenvalue weighted by Crippen LogP contribution is 2.33. The average molecular weight is 208 g/mol. The molecular formula is C11H20N4. The monoisotopic (exact) mass is 208 g/mol. The average Bonchev–Trinajstić information content (AvgIpc) is 2.93. The highest BCUT2D eigenvalue weighted by molar-refractivity contribution is 4.91. The summed E-state index contributed by atoms with van der Waals surface area (Å²) in [5.74, 6) is 1.85. The molecule has 0 saturated heterocycles. The number of rotatable bonds is 5. The van der Waals surface area contributed by atoms with Gasteiger partial charge in [0.05, 0.1) is 0 Å². The van der Waals surface area contributed by atoms with Crippen LogP contribution in [0.2, 0.25) is 0 Å². The van der Waals surface area contributed by atoms with E-state index in [1.807, 2.05) is 4.68 Å². The molecule has 1 unspecified atom stereocenters. The lowest BCUT2D eigenvalue weighted by Gasteiger charge is -2.12. The molecule has 1 atom stereocenters. The number of hydrogen-bond acceptors (Lipinski definition) is 3. The molecular weight excluding hydrogens is 188 g/mol. The molecule has 15 heavy (non-hydrogen) atoms. The molecule has 84 valence electrons. The van der Waals surface area contributed by atoms with Gasteiger partial charge >= 0.3 is 0 Å². The van der Waals surface area contributed by atoms with Gasteiger partial charge in [-0.05, 0) is 39.0 Å². The van der Waals surface area contributed by atoms with Crippen LogP contribution in [-0.2, 0) is 6.42 Å². The molecule has 1 fully saturated rings. The van der Waals surface area contributed by atoms with E-state index in [1.54, 1.807) is 6.33 Å². The third kappa shape index (κ3) is 2.56. The lowest BCUT2D eigenvalue weighted by molar-refractivity contribution is 0.480. The van der Waals surface area contributed by atoms with E-state index in [0.717, 1.165) is 24.6 Å². The highest BCUT2D eigenvalue weighted by atomic mass is 15.3. The van der Waals surface area contributed by atoms with Gasteiger partial charge in [0.2, 0.25) is 0 Å². The Morgan fingerprint density at radius 3 is 2.87 bits per heavy atom. The minimum absolute atomic E-state index is 0.363. The molecule has 1 aromatic heterocycles. The summed E-state index contributed by atoms with van der Waals surface area (Å²) in [6.07, 6.45) is 6.26. The normalized spacial score (nSPS) is 18.4. The summed E-state index contributed by atoms with van der Waals surface area (Å²) in [5.41, 5.74) is 6.06. The van der Waals surface area contributed by atoms with E-state index in [1.165, 1.54) is 12.8 Å². The third-order valence-electron chi connectivity index (χ3n) is 3.07. The summed E-state index contributed by atoms with van der Waals surface area (Å²) in [5, 5.41) is 4.22. The van der Waals surface area contributed by atoms with Crippen molar-refractivity contribution < 1.29 is 0 Å². The molecule has 0 amide bonds. The lowest BCUT2D eigenvalue weighted by atomic mass is 10.1. The van der Waals surface area contributed by atoms with Gasteiger partial charge < -0.3 is 5.73 Å². The third-order valence-corrected chi connectivity index (χ3v) is 3.07. The van der Waals surface area contributed by atoms with Crippen molar-refractivity contribution in [3.8, 4) is 0 Å². The Hall–Kier alpha value is -0.900. The summed E-state index contributed by atoms with van der Waals surface area (Å²) < 4.78 is 1.99. The van der Waals surface area contributed by atoms with E-state index in [2.05, 4.69) is 23.9 Å². The predicted molar refractivity (Wildman–Crippen MR) is 59.4 cm³/mol. The maximum absolute atomic E-state index is 6.06. The van der Waals surface area contributed by atoms with E-state index in [0.29, 0.717) is 12.1 Å². The molecule has 4 heteroatoms. The number of nitrogens with two attached hydrogens (primary N) is 1. The van der Waals surface area contributed by atoms with Crippen LogP contribution in [0.15, 0.2) is 6.33 Å². The molecule has 1 aliphatic carbocycles. The van der Waals surface area contributed by atoms with E-state index < -0.39 is 0 Å². The van der Waals surface area contributed by atoms with Crippen LogP contribution in [0.3, 0.4) is 0 Å². The molecule has 1 heterocycles. The molecule has 4 nitrogen and oxygen atoms in total. The van der Waals surface area contributed by atoms with E-state index in [9.17, 15) is 0 Å². The molecule has 1 saturated carbocycles. The van der Waals surface area contributed by atoms with Crippen molar-refractivity contribution in [2.75, 3.05) is 0 Å². The fourth-order valence-corrected chi connectivity index (χ4v) is 1.94. The van der Waals surface area contributed by atoms with Crippen LogP contribution in [0, 0.1) is 5.92 Å². The van der Waals surface area contributed by atoms with Crippen molar-refractivity contribution in [3.05, 3.63) is 12.2 Å². The Labute approximate surface area is 90.9 Å². The van der Waals surface area contributed by atoms with Crippen molar-refractivity contribution >= 4 is 0 Å². The number of hydrogen-bond donors (Lipinski definition) is 1. The first kappa shape index (κ1) is 10.6. The first-order chi connectivity index (χ1) is 7.18. The van der Waals surface area contributed by atoms with Gasteiger partial charge in [-0.1, -0.05) is 0 Å². The van der Waals surface area contributed by atoms with Gasteiger partial charge in [-0.3, -0.25) is 0 Å². The predicted octanol–water partition coefficient (Wildman–Crippen LogP) is 1.53. The van der Waals surface area contributed by atoms with Crippen molar-refractivity contribution in [3.63, 3.8) is 0 Å². The maximum Gasteiger partial charge on any atom is 0.138 e. The molecule has 0 aliphatic heterocycles. The minimum atomic E-state index is 0.363. The Bertz CT molecular complexity index is 314. The van der Waals surface area contributed by atoms with Crippen LogP contribution in [-0.4, -0.2) is 20.8 Å². The van der Waals surface area contributed by atoms with Crippen LogP contribution in [0.25, 0.3) is 0 Å². The second-order valence-corrected chi connectivity index (χ2v) is 4.75. The zero-order valence-corrected chi connectivity index (χ0v) is 9.56. The lowest BCUT2D eigenvalue weighted by Crippen LogP contribution is -2.23. The van der Waals surface area contributed by atoms with Crippen molar-refractivity contribution in [2.45, 2.75) is 51.6 Å². The van der Waals surface area contributed by atoms with Gasteiger partial charge in [0.25, 0.3) is 0 Å². The molecule has 0 bridgehead atoms. The van der Waals surface area contributed by atoms with Gasteiger partial charge in [0.1, 0.15) is 12.2 Å². The molecule has 2 rings (SSSR count). The topological polar surface area (TPSA) is 56.7 Å². The van der Waals surface area contributed by atoms with Crippen LogP contribution in [0.1, 0.15) is 45.0 Å². The Morgan fingerprint density at radius 2 is 2.27 bits per heavy atom. The largest absolute Gasteiger partial charge is 0.327 e. The molecule has 0 radical (unpaired) electrons. The first-order valence-corrected chi connectivity index (χ1v) is 5.82. The van der Waals surface area contributed by atoms with Gasteiger partial charge in [0, 0.05) is 18.5 Å². The zero-order chi connectivity index (χ0) is 10.8. The fraction of sp³-hybridized carbons (Fsp3) is 0.818.